The second kappa shape index (κ2) is 12.1. The zero-order valence-corrected chi connectivity index (χ0v) is 17.2. The molecule has 1 fully saturated rings. The first-order valence-electron chi connectivity index (χ1n) is 10.5. The van der Waals surface area contributed by atoms with Crippen molar-refractivity contribution in [1.82, 2.24) is 15.5 Å². The second-order valence-corrected chi connectivity index (χ2v) is 7.45. The van der Waals surface area contributed by atoms with E-state index in [1.165, 1.54) is 19.3 Å². The minimum absolute atomic E-state index is 0.136. The molecule has 1 heterocycles. The van der Waals surface area contributed by atoms with E-state index in [4.69, 9.17) is 16.2 Å². The fourth-order valence-corrected chi connectivity index (χ4v) is 3.52. The van der Waals surface area contributed by atoms with Crippen LogP contribution in [0.4, 0.5) is 0 Å². The zero-order chi connectivity index (χ0) is 20.2. The third-order valence-electron chi connectivity index (χ3n) is 5.32. The summed E-state index contributed by atoms with van der Waals surface area (Å²) in [4.78, 5) is 15.3. The van der Waals surface area contributed by atoms with Crippen molar-refractivity contribution in [1.29, 1.82) is 0 Å². The van der Waals surface area contributed by atoms with Crippen LogP contribution in [-0.4, -0.2) is 61.8 Å². The van der Waals surface area contributed by atoms with Crippen LogP contribution >= 0.6 is 0 Å². The van der Waals surface area contributed by atoms with Crippen molar-refractivity contribution in [3.05, 3.63) is 35.9 Å². The van der Waals surface area contributed by atoms with E-state index in [1.807, 2.05) is 37.3 Å². The maximum atomic E-state index is 12.9. The summed E-state index contributed by atoms with van der Waals surface area (Å²) in [6, 6.07) is 9.18. The van der Waals surface area contributed by atoms with Crippen LogP contribution in [0.3, 0.4) is 0 Å². The summed E-state index contributed by atoms with van der Waals surface area (Å²) < 4.78 is 6.04. The van der Waals surface area contributed by atoms with Gasteiger partial charge in [-0.3, -0.25) is 4.79 Å². The number of nitrogens with one attached hydrogen (secondary N) is 2. The van der Waals surface area contributed by atoms with Crippen molar-refractivity contribution in [2.45, 2.75) is 51.0 Å². The van der Waals surface area contributed by atoms with Crippen molar-refractivity contribution >= 4 is 5.91 Å². The Balaban J connectivity index is 1.93. The van der Waals surface area contributed by atoms with Crippen molar-refractivity contribution in [2.75, 3.05) is 39.3 Å². The summed E-state index contributed by atoms with van der Waals surface area (Å²) in [6.45, 7) is 6.91. The van der Waals surface area contributed by atoms with E-state index in [0.29, 0.717) is 32.7 Å². The average Bonchev–Trinajstić information content (AvgIpc) is 2.74. The van der Waals surface area contributed by atoms with Gasteiger partial charge in [0.1, 0.15) is 11.8 Å². The molecule has 28 heavy (non-hydrogen) atoms. The number of hydrogen-bond acceptors (Lipinski definition) is 6. The van der Waals surface area contributed by atoms with Crippen LogP contribution in [0.2, 0.25) is 0 Å². The molecule has 0 bridgehead atoms. The minimum atomic E-state index is -1.11. The number of nitrogens with two attached hydrogens (primary N) is 2. The number of benzene rings is 1. The zero-order valence-electron chi connectivity index (χ0n) is 17.2. The first-order chi connectivity index (χ1) is 13.6. The van der Waals surface area contributed by atoms with Gasteiger partial charge in [-0.2, -0.15) is 0 Å². The first-order valence-corrected chi connectivity index (χ1v) is 10.5. The predicted molar refractivity (Wildman–Crippen MR) is 113 cm³/mol. The van der Waals surface area contributed by atoms with Crippen molar-refractivity contribution < 1.29 is 9.53 Å². The van der Waals surface area contributed by atoms with E-state index in [1.54, 1.807) is 0 Å². The van der Waals surface area contributed by atoms with Gasteiger partial charge >= 0.3 is 0 Å². The fourth-order valence-electron chi connectivity index (χ4n) is 3.52. The smallest absolute Gasteiger partial charge is 0.241 e. The minimum Gasteiger partial charge on any atom is -0.354 e. The lowest BCUT2D eigenvalue weighted by atomic mass is 10.00. The monoisotopic (exact) mass is 391 g/mol. The molecule has 2 rings (SSSR count). The standard InChI is InChI=1S/C21H37N5O2/c1-2-21(23,28-17-18-9-5-3-6-10-18)19(24-12-11-22)20(27)25-13-16-26-14-7-4-8-15-26/h3,5-6,9-10,19,24H,2,4,7-8,11-17,22-23H2,1H3,(H,25,27). The molecule has 1 amide bonds. The van der Waals surface area contributed by atoms with E-state index in [0.717, 1.165) is 25.2 Å². The van der Waals surface area contributed by atoms with Gasteiger partial charge in [0.25, 0.3) is 0 Å². The van der Waals surface area contributed by atoms with Gasteiger partial charge in [0.05, 0.1) is 6.61 Å². The average molecular weight is 392 g/mol. The van der Waals surface area contributed by atoms with Gasteiger partial charge in [-0.25, -0.2) is 0 Å². The lowest BCUT2D eigenvalue weighted by Crippen LogP contribution is -2.65. The van der Waals surface area contributed by atoms with Crippen LogP contribution in [0.15, 0.2) is 30.3 Å². The van der Waals surface area contributed by atoms with Crippen LogP contribution in [0.25, 0.3) is 0 Å². The predicted octanol–water partition coefficient (Wildman–Crippen LogP) is 0.787. The van der Waals surface area contributed by atoms with E-state index in [9.17, 15) is 4.79 Å². The molecule has 0 spiro atoms. The number of amides is 1. The Morgan fingerprint density at radius 3 is 2.57 bits per heavy atom. The van der Waals surface area contributed by atoms with Gasteiger partial charge < -0.3 is 31.7 Å². The third kappa shape index (κ3) is 7.14. The SMILES string of the molecule is CCC(N)(OCc1ccccc1)C(NCCN)C(=O)NCCN1CCCCC1. The highest BCUT2D eigenvalue weighted by atomic mass is 16.5. The largest absolute Gasteiger partial charge is 0.354 e. The molecule has 0 aliphatic carbocycles. The quantitative estimate of drug-likeness (QED) is 0.393. The topological polar surface area (TPSA) is 106 Å². The second-order valence-electron chi connectivity index (χ2n) is 7.45. The lowest BCUT2D eigenvalue weighted by Gasteiger charge is -2.36. The summed E-state index contributed by atoms with van der Waals surface area (Å²) in [5, 5.41) is 6.22. The molecular formula is C21H37N5O2. The number of rotatable bonds is 12. The van der Waals surface area contributed by atoms with Crippen LogP contribution in [0.1, 0.15) is 38.2 Å². The summed E-state index contributed by atoms with van der Waals surface area (Å²) in [7, 11) is 0. The van der Waals surface area contributed by atoms with Crippen LogP contribution in [0.5, 0.6) is 0 Å². The van der Waals surface area contributed by atoms with Crippen LogP contribution in [0, 0.1) is 0 Å². The van der Waals surface area contributed by atoms with Crippen molar-refractivity contribution in [2.24, 2.45) is 11.5 Å². The Hall–Kier alpha value is -1.51. The third-order valence-corrected chi connectivity index (χ3v) is 5.32. The molecule has 1 saturated heterocycles. The Morgan fingerprint density at radius 2 is 1.93 bits per heavy atom. The number of carbonyl (C=O) groups is 1. The molecule has 158 valence electrons. The lowest BCUT2D eigenvalue weighted by molar-refractivity contribution is -0.137. The molecule has 7 nitrogen and oxygen atoms in total. The van der Waals surface area contributed by atoms with Crippen LogP contribution < -0.4 is 22.1 Å². The molecule has 0 aromatic heterocycles. The van der Waals surface area contributed by atoms with Gasteiger partial charge in [-0.05, 0) is 37.9 Å². The molecule has 1 aliphatic heterocycles. The van der Waals surface area contributed by atoms with Gasteiger partial charge in [-0.1, -0.05) is 43.7 Å². The molecule has 7 heteroatoms. The van der Waals surface area contributed by atoms with Gasteiger partial charge in [0.15, 0.2) is 0 Å². The number of piperidine rings is 1. The number of likely N-dealkylation sites (tertiary alicyclic amines) is 1. The summed E-state index contributed by atoms with van der Waals surface area (Å²) in [5.41, 5.74) is 12.1. The summed E-state index contributed by atoms with van der Waals surface area (Å²) in [6.07, 6.45) is 4.29. The van der Waals surface area contributed by atoms with Crippen molar-refractivity contribution in [3.8, 4) is 0 Å². The highest BCUT2D eigenvalue weighted by Crippen LogP contribution is 2.18. The molecular weight excluding hydrogens is 354 g/mol. The summed E-state index contributed by atoms with van der Waals surface area (Å²) in [5.74, 6) is -0.136. The Kier molecular flexibility index (Phi) is 9.87. The molecule has 0 radical (unpaired) electrons. The fraction of sp³-hybridized carbons (Fsp3) is 0.667. The maximum Gasteiger partial charge on any atom is 0.241 e. The van der Waals surface area contributed by atoms with Gasteiger partial charge in [0.2, 0.25) is 5.91 Å². The number of ether oxygens (including phenoxy) is 1. The Bertz CT molecular complexity index is 565. The number of nitrogens with zero attached hydrogens (tertiary/aromatic N) is 1. The van der Waals surface area contributed by atoms with Crippen LogP contribution in [-0.2, 0) is 16.1 Å². The Labute approximate surface area is 169 Å². The molecule has 1 aromatic rings. The van der Waals surface area contributed by atoms with E-state index >= 15 is 0 Å². The highest BCUT2D eigenvalue weighted by molar-refractivity contribution is 5.83. The number of hydrogen-bond donors (Lipinski definition) is 4. The first kappa shape index (κ1) is 22.8. The van der Waals surface area contributed by atoms with E-state index < -0.39 is 11.8 Å². The van der Waals surface area contributed by atoms with Crippen molar-refractivity contribution in [3.63, 3.8) is 0 Å². The molecule has 2 atom stereocenters. The molecule has 1 aliphatic rings. The maximum absolute atomic E-state index is 12.9. The molecule has 0 saturated carbocycles. The summed E-state index contributed by atoms with van der Waals surface area (Å²) >= 11 is 0. The Morgan fingerprint density at radius 1 is 1.21 bits per heavy atom. The van der Waals surface area contributed by atoms with E-state index in [-0.39, 0.29) is 5.91 Å². The molecule has 6 N–H and O–H groups in total. The van der Waals surface area contributed by atoms with Gasteiger partial charge in [-0.15, -0.1) is 0 Å². The molecule has 2 unspecified atom stereocenters. The normalized spacial score (nSPS) is 18.4. The van der Waals surface area contributed by atoms with E-state index in [2.05, 4.69) is 15.5 Å². The number of carbonyl (C=O) groups excluding carboxylic acids is 1. The highest BCUT2D eigenvalue weighted by Gasteiger charge is 2.39. The van der Waals surface area contributed by atoms with Gasteiger partial charge in [0, 0.05) is 26.2 Å². The molecule has 1 aromatic carbocycles.